The van der Waals surface area contributed by atoms with Gasteiger partial charge in [0.2, 0.25) is 5.96 Å². The fraction of sp³-hybridized carbons (Fsp3) is 0.111. The molecule has 0 atom stereocenters. The average molecular weight is 261 g/mol. The minimum Gasteiger partial charge on any atom is -0.351 e. The summed E-state index contributed by atoms with van der Waals surface area (Å²) in [5.74, 6) is -0.147. The highest BCUT2D eigenvalue weighted by Crippen LogP contribution is 2.26. The van der Waals surface area contributed by atoms with Crippen molar-refractivity contribution in [2.24, 2.45) is 5.73 Å². The molecular formula is C9H10Cl2N4O. The third kappa shape index (κ3) is 3.01. The number of guanidine groups is 1. The summed E-state index contributed by atoms with van der Waals surface area (Å²) in [6.07, 6.45) is 0. The van der Waals surface area contributed by atoms with Gasteiger partial charge in [0.05, 0.1) is 10.0 Å². The Kier molecular flexibility index (Phi) is 3.98. The number of nitrogens with one attached hydrogen (secondary N) is 2. The molecule has 0 unspecified atom stereocenters. The molecule has 7 heteroatoms. The topological polar surface area (TPSA) is 82.2 Å². The molecule has 0 aromatic heterocycles. The predicted molar refractivity (Wildman–Crippen MR) is 65.3 cm³/mol. The molecule has 16 heavy (non-hydrogen) atoms. The van der Waals surface area contributed by atoms with E-state index in [1.807, 2.05) is 0 Å². The van der Waals surface area contributed by atoms with Gasteiger partial charge in [-0.2, -0.15) is 0 Å². The zero-order valence-electron chi connectivity index (χ0n) is 8.42. The van der Waals surface area contributed by atoms with Crippen molar-refractivity contribution in [1.82, 2.24) is 5.32 Å². The van der Waals surface area contributed by atoms with Gasteiger partial charge in [-0.1, -0.05) is 23.2 Å². The molecule has 0 bridgehead atoms. The quantitative estimate of drug-likeness (QED) is 0.534. The van der Waals surface area contributed by atoms with Crippen LogP contribution in [0.3, 0.4) is 0 Å². The number of anilines is 1. The lowest BCUT2D eigenvalue weighted by atomic mass is 10.3. The number of amides is 2. The van der Waals surface area contributed by atoms with Gasteiger partial charge in [0, 0.05) is 12.7 Å². The molecule has 4 N–H and O–H groups in total. The predicted octanol–water partition coefficient (Wildman–Crippen LogP) is 2.03. The van der Waals surface area contributed by atoms with Crippen LogP contribution < -0.4 is 16.0 Å². The number of carbonyl (C=O) groups is 1. The SMILES string of the molecule is CN(C(=N)NC(N)=O)c1ccc(Cl)c(Cl)c1. The minimum atomic E-state index is -0.795. The van der Waals surface area contributed by atoms with Crippen LogP contribution >= 0.6 is 23.2 Å². The second-order valence-corrected chi connectivity index (χ2v) is 3.81. The Bertz CT molecular complexity index is 436. The Morgan fingerprint density at radius 3 is 2.56 bits per heavy atom. The third-order valence-electron chi connectivity index (χ3n) is 1.87. The molecule has 0 spiro atoms. The van der Waals surface area contributed by atoms with Crippen molar-refractivity contribution in [3.05, 3.63) is 28.2 Å². The van der Waals surface area contributed by atoms with Crippen LogP contribution in [0.25, 0.3) is 0 Å². The molecule has 0 radical (unpaired) electrons. The van der Waals surface area contributed by atoms with Crippen molar-refractivity contribution >= 4 is 40.9 Å². The van der Waals surface area contributed by atoms with Crippen LogP contribution in [-0.2, 0) is 0 Å². The Morgan fingerprint density at radius 2 is 2.06 bits per heavy atom. The Morgan fingerprint density at radius 1 is 1.44 bits per heavy atom. The number of carbonyl (C=O) groups excluding carboxylic acids is 1. The van der Waals surface area contributed by atoms with Gasteiger partial charge in [-0.3, -0.25) is 10.7 Å². The molecule has 1 aromatic carbocycles. The second-order valence-electron chi connectivity index (χ2n) is 3.00. The van der Waals surface area contributed by atoms with Gasteiger partial charge in [0.25, 0.3) is 0 Å². The molecule has 1 aromatic rings. The molecule has 1 rings (SSSR count). The summed E-state index contributed by atoms with van der Waals surface area (Å²) in [5.41, 5.74) is 5.52. The van der Waals surface area contributed by atoms with E-state index in [-0.39, 0.29) is 5.96 Å². The molecule has 0 heterocycles. The van der Waals surface area contributed by atoms with Gasteiger partial charge in [-0.25, -0.2) is 4.79 Å². The van der Waals surface area contributed by atoms with E-state index in [0.717, 1.165) is 0 Å². The van der Waals surface area contributed by atoms with Crippen LogP contribution in [-0.4, -0.2) is 19.0 Å². The monoisotopic (exact) mass is 260 g/mol. The van der Waals surface area contributed by atoms with Crippen molar-refractivity contribution in [3.8, 4) is 0 Å². The number of primary amides is 1. The first-order chi connectivity index (χ1) is 7.41. The standard InChI is InChI=1S/C9H10Cl2N4O/c1-15(8(12)14-9(13)16)5-2-3-6(10)7(11)4-5/h2-4H,1H3,(H4,12,13,14,16). The maximum Gasteiger partial charge on any atom is 0.318 e. The normalized spacial score (nSPS) is 9.69. The lowest BCUT2D eigenvalue weighted by Gasteiger charge is -2.19. The summed E-state index contributed by atoms with van der Waals surface area (Å²) in [4.78, 5) is 12.0. The summed E-state index contributed by atoms with van der Waals surface area (Å²) in [6, 6.07) is 4.07. The molecule has 2 amide bonds. The van der Waals surface area contributed by atoms with Gasteiger partial charge in [-0.15, -0.1) is 0 Å². The average Bonchev–Trinajstić information content (AvgIpc) is 2.20. The third-order valence-corrected chi connectivity index (χ3v) is 2.61. The number of benzene rings is 1. The fourth-order valence-electron chi connectivity index (χ4n) is 1.02. The van der Waals surface area contributed by atoms with Crippen LogP contribution in [0.4, 0.5) is 10.5 Å². The van der Waals surface area contributed by atoms with Crippen LogP contribution in [0.1, 0.15) is 0 Å². The largest absolute Gasteiger partial charge is 0.351 e. The number of hydrogen-bond donors (Lipinski definition) is 3. The number of hydrogen-bond acceptors (Lipinski definition) is 2. The number of urea groups is 1. The first-order valence-electron chi connectivity index (χ1n) is 4.25. The first-order valence-corrected chi connectivity index (χ1v) is 5.01. The van der Waals surface area contributed by atoms with E-state index in [1.165, 1.54) is 4.90 Å². The zero-order chi connectivity index (χ0) is 12.3. The molecule has 0 saturated heterocycles. The van der Waals surface area contributed by atoms with Crippen molar-refractivity contribution < 1.29 is 4.79 Å². The number of nitrogens with zero attached hydrogens (tertiary/aromatic N) is 1. The van der Waals surface area contributed by atoms with E-state index in [4.69, 9.17) is 34.3 Å². The number of halogens is 2. The fourth-order valence-corrected chi connectivity index (χ4v) is 1.32. The van der Waals surface area contributed by atoms with Crippen LogP contribution in [0.15, 0.2) is 18.2 Å². The van der Waals surface area contributed by atoms with E-state index >= 15 is 0 Å². The maximum atomic E-state index is 10.6. The smallest absolute Gasteiger partial charge is 0.318 e. The van der Waals surface area contributed by atoms with Gasteiger partial charge in [-0.05, 0) is 18.2 Å². The molecule has 0 fully saturated rings. The number of rotatable bonds is 1. The summed E-state index contributed by atoms with van der Waals surface area (Å²) < 4.78 is 0. The van der Waals surface area contributed by atoms with Crippen molar-refractivity contribution in [2.45, 2.75) is 0 Å². The summed E-state index contributed by atoms with van der Waals surface area (Å²) >= 11 is 11.6. The lowest BCUT2D eigenvalue weighted by molar-refractivity contribution is 0.253. The van der Waals surface area contributed by atoms with Crippen molar-refractivity contribution in [3.63, 3.8) is 0 Å². The Labute approximate surface area is 103 Å². The van der Waals surface area contributed by atoms with Crippen molar-refractivity contribution in [1.29, 1.82) is 5.41 Å². The molecule has 5 nitrogen and oxygen atoms in total. The van der Waals surface area contributed by atoms with E-state index in [2.05, 4.69) is 5.32 Å². The molecule has 0 aliphatic heterocycles. The van der Waals surface area contributed by atoms with E-state index in [9.17, 15) is 4.79 Å². The van der Waals surface area contributed by atoms with Gasteiger partial charge < -0.3 is 10.6 Å². The highest BCUT2D eigenvalue weighted by molar-refractivity contribution is 6.42. The minimum absolute atomic E-state index is 0.147. The van der Waals surface area contributed by atoms with Gasteiger partial charge >= 0.3 is 6.03 Å². The molecular weight excluding hydrogens is 251 g/mol. The lowest BCUT2D eigenvalue weighted by Crippen LogP contribution is -2.43. The molecule has 0 aliphatic rings. The van der Waals surface area contributed by atoms with Crippen LogP contribution in [0, 0.1) is 5.41 Å². The first kappa shape index (κ1) is 12.6. The zero-order valence-corrected chi connectivity index (χ0v) is 9.93. The highest BCUT2D eigenvalue weighted by Gasteiger charge is 2.10. The second kappa shape index (κ2) is 5.05. The van der Waals surface area contributed by atoms with E-state index in [1.54, 1.807) is 25.2 Å². The van der Waals surface area contributed by atoms with E-state index in [0.29, 0.717) is 15.7 Å². The van der Waals surface area contributed by atoms with Crippen molar-refractivity contribution in [2.75, 3.05) is 11.9 Å². The van der Waals surface area contributed by atoms with E-state index < -0.39 is 6.03 Å². The van der Waals surface area contributed by atoms with Gasteiger partial charge in [0.15, 0.2) is 0 Å². The summed E-state index contributed by atoms with van der Waals surface area (Å²) in [6.45, 7) is 0. The Hall–Kier alpha value is -1.46. The Balaban J connectivity index is 2.87. The maximum absolute atomic E-state index is 10.6. The van der Waals surface area contributed by atoms with Gasteiger partial charge in [0.1, 0.15) is 0 Å². The van der Waals surface area contributed by atoms with Crippen LogP contribution in [0.2, 0.25) is 10.0 Å². The highest BCUT2D eigenvalue weighted by atomic mass is 35.5. The summed E-state index contributed by atoms with van der Waals surface area (Å²) in [7, 11) is 1.60. The molecule has 86 valence electrons. The molecule has 0 aliphatic carbocycles. The molecule has 0 saturated carbocycles. The van der Waals surface area contributed by atoms with Crippen LogP contribution in [0.5, 0.6) is 0 Å². The summed E-state index contributed by atoms with van der Waals surface area (Å²) in [5, 5.41) is 10.5. The number of nitrogens with two attached hydrogens (primary N) is 1.